The summed E-state index contributed by atoms with van der Waals surface area (Å²) in [7, 11) is 0. The number of carboxylic acids is 1. The highest BCUT2D eigenvalue weighted by Gasteiger charge is 2.18. The van der Waals surface area contributed by atoms with Crippen molar-refractivity contribution in [3.8, 4) is 11.1 Å². The number of hydrogen-bond acceptors (Lipinski definition) is 2. The van der Waals surface area contributed by atoms with Gasteiger partial charge in [0.25, 0.3) is 0 Å². The molecule has 0 bridgehead atoms. The van der Waals surface area contributed by atoms with Crippen molar-refractivity contribution >= 4 is 28.7 Å². The van der Waals surface area contributed by atoms with Gasteiger partial charge in [-0.05, 0) is 49.8 Å². The number of carbonyl (C=O) groups is 2. The Kier molecular flexibility index (Phi) is 5.21. The lowest BCUT2D eigenvalue weighted by Crippen LogP contribution is -2.05. The summed E-state index contributed by atoms with van der Waals surface area (Å²) in [5, 5.41) is 9.79. The van der Waals surface area contributed by atoms with Crippen molar-refractivity contribution in [3.05, 3.63) is 66.1 Å². The second-order valence-corrected chi connectivity index (χ2v) is 6.62. The zero-order chi connectivity index (χ0) is 19.6. The molecule has 0 aliphatic rings. The molecular formula is C22H20FNO3. The van der Waals surface area contributed by atoms with Crippen LogP contribution in [-0.2, 0) is 9.59 Å². The van der Waals surface area contributed by atoms with Crippen LogP contribution in [0.5, 0.6) is 0 Å². The van der Waals surface area contributed by atoms with Gasteiger partial charge in [0.15, 0.2) is 5.78 Å². The largest absolute Gasteiger partial charge is 0.481 e. The number of fused-ring (bicyclic) bond motifs is 1. The van der Waals surface area contributed by atoms with E-state index in [1.165, 1.54) is 18.2 Å². The lowest BCUT2D eigenvalue weighted by molar-refractivity contribution is -0.139. The van der Waals surface area contributed by atoms with Crippen LogP contribution in [0, 0.1) is 5.82 Å². The number of allylic oxidation sites excluding steroid dienone is 1. The Hall–Kier alpha value is -3.21. The Morgan fingerprint density at radius 1 is 1.11 bits per heavy atom. The molecule has 0 unspecified atom stereocenters. The molecule has 1 heterocycles. The van der Waals surface area contributed by atoms with E-state index in [1.807, 2.05) is 38.1 Å². The maximum atomic E-state index is 13.4. The molecule has 0 fully saturated rings. The van der Waals surface area contributed by atoms with Crippen LogP contribution in [0.2, 0.25) is 0 Å². The van der Waals surface area contributed by atoms with Crippen molar-refractivity contribution in [2.45, 2.75) is 26.3 Å². The number of carboxylic acid groups (broad SMARTS) is 1. The number of ketones is 1. The van der Waals surface area contributed by atoms with Crippen molar-refractivity contribution < 1.29 is 19.1 Å². The Labute approximate surface area is 156 Å². The van der Waals surface area contributed by atoms with Gasteiger partial charge in [0, 0.05) is 22.5 Å². The zero-order valence-electron chi connectivity index (χ0n) is 15.1. The number of para-hydroxylation sites is 1. The fourth-order valence-corrected chi connectivity index (χ4v) is 3.30. The third-order valence-electron chi connectivity index (χ3n) is 4.35. The first-order valence-electron chi connectivity index (χ1n) is 8.70. The van der Waals surface area contributed by atoms with Crippen LogP contribution in [0.4, 0.5) is 4.39 Å². The SMILES string of the molecule is CC(C)n1c(/C=C/C(=O)CC(=O)O)c(-c2ccc(F)cc2)c2ccccc21. The normalized spacial score (nSPS) is 11.6. The van der Waals surface area contributed by atoms with Crippen molar-refractivity contribution in [2.24, 2.45) is 0 Å². The number of aliphatic carboxylic acids is 1. The lowest BCUT2D eigenvalue weighted by Gasteiger charge is -2.13. The second-order valence-electron chi connectivity index (χ2n) is 6.62. The lowest BCUT2D eigenvalue weighted by atomic mass is 10.0. The molecule has 3 rings (SSSR count). The molecule has 138 valence electrons. The minimum Gasteiger partial charge on any atom is -0.481 e. The smallest absolute Gasteiger partial charge is 0.311 e. The van der Waals surface area contributed by atoms with Gasteiger partial charge in [0.05, 0.1) is 5.69 Å². The molecule has 0 spiro atoms. The number of aromatic nitrogens is 1. The molecule has 3 aromatic rings. The molecule has 2 aromatic carbocycles. The predicted molar refractivity (Wildman–Crippen MR) is 104 cm³/mol. The number of halogens is 1. The van der Waals surface area contributed by atoms with Crippen molar-refractivity contribution in [1.82, 2.24) is 4.57 Å². The summed E-state index contributed by atoms with van der Waals surface area (Å²) in [5.74, 6) is -1.96. The van der Waals surface area contributed by atoms with Gasteiger partial charge in [-0.25, -0.2) is 4.39 Å². The van der Waals surface area contributed by atoms with E-state index < -0.39 is 18.2 Å². The van der Waals surface area contributed by atoms with Gasteiger partial charge >= 0.3 is 5.97 Å². The van der Waals surface area contributed by atoms with Gasteiger partial charge in [0.1, 0.15) is 12.2 Å². The summed E-state index contributed by atoms with van der Waals surface area (Å²) in [4.78, 5) is 22.7. The second kappa shape index (κ2) is 7.58. The Morgan fingerprint density at radius 3 is 2.41 bits per heavy atom. The fourth-order valence-electron chi connectivity index (χ4n) is 3.30. The highest BCUT2D eigenvalue weighted by molar-refractivity contribution is 6.06. The van der Waals surface area contributed by atoms with E-state index in [-0.39, 0.29) is 11.9 Å². The summed E-state index contributed by atoms with van der Waals surface area (Å²) >= 11 is 0. The molecule has 0 amide bonds. The summed E-state index contributed by atoms with van der Waals surface area (Å²) in [6, 6.07) is 14.2. The molecule has 0 atom stereocenters. The average Bonchev–Trinajstić information content (AvgIpc) is 2.94. The van der Waals surface area contributed by atoms with Crippen molar-refractivity contribution in [2.75, 3.05) is 0 Å². The van der Waals surface area contributed by atoms with Crippen molar-refractivity contribution in [1.29, 1.82) is 0 Å². The topological polar surface area (TPSA) is 59.3 Å². The van der Waals surface area contributed by atoms with Gasteiger partial charge in [-0.2, -0.15) is 0 Å². The van der Waals surface area contributed by atoms with E-state index in [2.05, 4.69) is 4.57 Å². The predicted octanol–water partition coefficient (Wildman–Crippen LogP) is 5.09. The third kappa shape index (κ3) is 3.82. The van der Waals surface area contributed by atoms with Crippen LogP contribution in [-0.4, -0.2) is 21.4 Å². The van der Waals surface area contributed by atoms with E-state index >= 15 is 0 Å². The highest BCUT2D eigenvalue weighted by Crippen LogP contribution is 2.37. The van der Waals surface area contributed by atoms with E-state index in [9.17, 15) is 14.0 Å². The molecule has 1 aromatic heterocycles. The quantitative estimate of drug-likeness (QED) is 0.489. The maximum absolute atomic E-state index is 13.4. The minimum absolute atomic E-state index is 0.110. The van der Waals surface area contributed by atoms with Crippen LogP contribution >= 0.6 is 0 Å². The zero-order valence-corrected chi connectivity index (χ0v) is 15.1. The van der Waals surface area contributed by atoms with E-state index in [4.69, 9.17) is 5.11 Å². The number of hydrogen-bond donors (Lipinski definition) is 1. The van der Waals surface area contributed by atoms with Crippen molar-refractivity contribution in [3.63, 3.8) is 0 Å². The average molecular weight is 365 g/mol. The monoisotopic (exact) mass is 365 g/mol. The molecular weight excluding hydrogens is 345 g/mol. The number of benzene rings is 2. The van der Waals surface area contributed by atoms with Gasteiger partial charge in [0.2, 0.25) is 0 Å². The molecule has 0 aliphatic heterocycles. The standard InChI is InChI=1S/C22H20FNO3/c1-14(2)24-19-6-4-3-5-18(19)22(15-7-9-16(23)10-8-15)20(24)12-11-17(25)13-21(26)27/h3-12,14H,13H2,1-2H3,(H,26,27)/b12-11+. The molecule has 0 saturated heterocycles. The maximum Gasteiger partial charge on any atom is 0.311 e. The molecule has 27 heavy (non-hydrogen) atoms. The summed E-state index contributed by atoms with van der Waals surface area (Å²) < 4.78 is 15.5. The highest BCUT2D eigenvalue weighted by atomic mass is 19.1. The minimum atomic E-state index is -1.16. The van der Waals surface area contributed by atoms with Crippen LogP contribution in [0.3, 0.4) is 0 Å². The number of carbonyl (C=O) groups excluding carboxylic acids is 1. The molecule has 1 N–H and O–H groups in total. The summed E-state index contributed by atoms with van der Waals surface area (Å²) in [5.41, 5.74) is 3.50. The first-order valence-corrected chi connectivity index (χ1v) is 8.70. The third-order valence-corrected chi connectivity index (χ3v) is 4.35. The fraction of sp³-hybridized carbons (Fsp3) is 0.182. The molecule has 0 radical (unpaired) electrons. The first kappa shape index (κ1) is 18.6. The Balaban J connectivity index is 2.25. The Bertz CT molecular complexity index is 1030. The van der Waals surface area contributed by atoms with E-state index in [0.717, 1.165) is 27.7 Å². The molecule has 5 heteroatoms. The molecule has 0 saturated carbocycles. The van der Waals surface area contributed by atoms with Crippen LogP contribution in [0.25, 0.3) is 28.1 Å². The van der Waals surface area contributed by atoms with Crippen LogP contribution in [0.15, 0.2) is 54.6 Å². The van der Waals surface area contributed by atoms with Gasteiger partial charge in [-0.3, -0.25) is 9.59 Å². The van der Waals surface area contributed by atoms with E-state index in [1.54, 1.807) is 18.2 Å². The number of rotatable bonds is 6. The first-order chi connectivity index (χ1) is 12.9. The summed E-state index contributed by atoms with van der Waals surface area (Å²) in [6.07, 6.45) is 2.41. The van der Waals surface area contributed by atoms with Crippen LogP contribution < -0.4 is 0 Å². The molecule has 4 nitrogen and oxygen atoms in total. The molecule has 0 aliphatic carbocycles. The number of nitrogens with zero attached hydrogens (tertiary/aromatic N) is 1. The van der Waals surface area contributed by atoms with Crippen LogP contribution in [0.1, 0.15) is 32.0 Å². The Morgan fingerprint density at radius 2 is 1.78 bits per heavy atom. The summed E-state index contributed by atoms with van der Waals surface area (Å²) in [6.45, 7) is 4.08. The van der Waals surface area contributed by atoms with Gasteiger partial charge in [-0.15, -0.1) is 0 Å². The van der Waals surface area contributed by atoms with Gasteiger partial charge in [-0.1, -0.05) is 30.3 Å². The van der Waals surface area contributed by atoms with E-state index in [0.29, 0.717) is 0 Å². The van der Waals surface area contributed by atoms with Gasteiger partial charge < -0.3 is 9.67 Å².